The standard InChI is InChI=1S/C28H47N3O4/c1-13-19(5)22(29-26(34)35-28(10,11)12)25(33)31(17(2)3)23(24(32)30-27(7,8)9)21-16-18(4)14-15-20(21)6/h14-17,19,22-23H,13H2,1-12H3,(H,29,34)(H,30,32). The van der Waals surface area contributed by atoms with Crippen molar-refractivity contribution in [1.82, 2.24) is 15.5 Å². The van der Waals surface area contributed by atoms with E-state index < -0.39 is 29.3 Å². The van der Waals surface area contributed by atoms with Crippen molar-refractivity contribution in [3.8, 4) is 0 Å². The molecule has 3 amide bonds. The number of alkyl carbamates (subject to hydrolysis) is 1. The number of benzene rings is 1. The van der Waals surface area contributed by atoms with Gasteiger partial charge in [0.05, 0.1) is 0 Å². The second-order valence-electron chi connectivity index (χ2n) is 11.9. The van der Waals surface area contributed by atoms with Gasteiger partial charge in [-0.1, -0.05) is 44.0 Å². The Kier molecular flexibility index (Phi) is 10.4. The Morgan fingerprint density at radius 3 is 2.03 bits per heavy atom. The van der Waals surface area contributed by atoms with Crippen molar-refractivity contribution in [3.05, 3.63) is 34.9 Å². The summed E-state index contributed by atoms with van der Waals surface area (Å²) in [5.41, 5.74) is 1.51. The van der Waals surface area contributed by atoms with E-state index in [0.29, 0.717) is 6.42 Å². The van der Waals surface area contributed by atoms with Crippen LogP contribution in [0.25, 0.3) is 0 Å². The molecule has 0 saturated heterocycles. The highest BCUT2D eigenvalue weighted by Crippen LogP contribution is 2.30. The molecule has 1 aromatic carbocycles. The Balaban J connectivity index is 3.61. The van der Waals surface area contributed by atoms with Crippen molar-refractivity contribution in [2.24, 2.45) is 5.92 Å². The molecule has 0 bridgehead atoms. The van der Waals surface area contributed by atoms with Crippen molar-refractivity contribution in [2.45, 2.75) is 119 Å². The number of aryl methyl sites for hydroxylation is 2. The number of ether oxygens (including phenoxy) is 1. The maximum absolute atomic E-state index is 14.1. The van der Waals surface area contributed by atoms with Gasteiger partial charge < -0.3 is 20.3 Å². The fourth-order valence-corrected chi connectivity index (χ4v) is 3.87. The highest BCUT2D eigenvalue weighted by Gasteiger charge is 2.40. The third kappa shape index (κ3) is 9.19. The molecular formula is C28H47N3O4. The number of nitrogens with one attached hydrogen (secondary N) is 2. The van der Waals surface area contributed by atoms with Crippen LogP contribution in [0.15, 0.2) is 18.2 Å². The van der Waals surface area contributed by atoms with E-state index in [1.54, 1.807) is 25.7 Å². The molecule has 0 aliphatic heterocycles. The second-order valence-corrected chi connectivity index (χ2v) is 11.9. The van der Waals surface area contributed by atoms with Gasteiger partial charge in [0.15, 0.2) is 0 Å². The molecule has 198 valence electrons. The summed E-state index contributed by atoms with van der Waals surface area (Å²) in [6.45, 7) is 22.7. The van der Waals surface area contributed by atoms with Crippen molar-refractivity contribution >= 4 is 17.9 Å². The van der Waals surface area contributed by atoms with Crippen molar-refractivity contribution in [1.29, 1.82) is 0 Å². The molecule has 0 aliphatic rings. The summed E-state index contributed by atoms with van der Waals surface area (Å²) in [6, 6.07) is 3.93. The Labute approximate surface area is 212 Å². The van der Waals surface area contributed by atoms with E-state index >= 15 is 0 Å². The summed E-state index contributed by atoms with van der Waals surface area (Å²) >= 11 is 0. The lowest BCUT2D eigenvalue weighted by Gasteiger charge is -2.40. The lowest BCUT2D eigenvalue weighted by atomic mass is 9.92. The van der Waals surface area contributed by atoms with Gasteiger partial charge >= 0.3 is 6.09 Å². The van der Waals surface area contributed by atoms with Gasteiger partial charge in [-0.2, -0.15) is 0 Å². The number of hydrogen-bond acceptors (Lipinski definition) is 4. The minimum atomic E-state index is -0.853. The van der Waals surface area contributed by atoms with Crippen molar-refractivity contribution in [3.63, 3.8) is 0 Å². The van der Waals surface area contributed by atoms with E-state index in [1.807, 2.05) is 80.5 Å². The molecule has 0 fully saturated rings. The van der Waals surface area contributed by atoms with Gasteiger partial charge in [-0.15, -0.1) is 0 Å². The predicted octanol–water partition coefficient (Wildman–Crippen LogP) is 5.44. The molecule has 35 heavy (non-hydrogen) atoms. The van der Waals surface area contributed by atoms with Crippen LogP contribution in [0.1, 0.15) is 98.4 Å². The normalized spacial score (nSPS) is 14.7. The lowest BCUT2D eigenvalue weighted by Crippen LogP contribution is -2.58. The van der Waals surface area contributed by atoms with Crippen LogP contribution >= 0.6 is 0 Å². The fraction of sp³-hybridized carbons (Fsp3) is 0.679. The first-order valence-electron chi connectivity index (χ1n) is 12.6. The minimum Gasteiger partial charge on any atom is -0.444 e. The van der Waals surface area contributed by atoms with Crippen LogP contribution in [0, 0.1) is 19.8 Å². The van der Waals surface area contributed by atoms with E-state index in [4.69, 9.17) is 4.74 Å². The zero-order valence-electron chi connectivity index (χ0n) is 23.8. The average Bonchev–Trinajstić information content (AvgIpc) is 2.68. The second kappa shape index (κ2) is 11.9. The summed E-state index contributed by atoms with van der Waals surface area (Å²) in [5, 5.41) is 5.86. The molecule has 1 rings (SSSR count). The largest absolute Gasteiger partial charge is 0.444 e. The summed E-state index contributed by atoms with van der Waals surface area (Å²) in [4.78, 5) is 42.1. The molecule has 7 heteroatoms. The van der Waals surface area contributed by atoms with Gasteiger partial charge in [0.25, 0.3) is 0 Å². The van der Waals surface area contributed by atoms with E-state index in [0.717, 1.165) is 16.7 Å². The molecule has 0 saturated carbocycles. The monoisotopic (exact) mass is 489 g/mol. The first-order valence-corrected chi connectivity index (χ1v) is 12.6. The summed E-state index contributed by atoms with van der Waals surface area (Å²) < 4.78 is 5.45. The SMILES string of the molecule is CCC(C)C(NC(=O)OC(C)(C)C)C(=O)N(C(C)C)C(C(=O)NC(C)(C)C)c1cc(C)ccc1C. The van der Waals surface area contributed by atoms with E-state index in [-0.39, 0.29) is 23.8 Å². The Morgan fingerprint density at radius 2 is 1.57 bits per heavy atom. The van der Waals surface area contributed by atoms with Crippen molar-refractivity contribution in [2.75, 3.05) is 0 Å². The van der Waals surface area contributed by atoms with Crippen LogP contribution in [0.4, 0.5) is 4.79 Å². The van der Waals surface area contributed by atoms with E-state index in [9.17, 15) is 14.4 Å². The number of nitrogens with zero attached hydrogens (tertiary/aromatic N) is 1. The molecule has 0 spiro atoms. The van der Waals surface area contributed by atoms with Gasteiger partial charge in [-0.3, -0.25) is 9.59 Å². The van der Waals surface area contributed by atoms with Gasteiger partial charge in [-0.05, 0) is 86.3 Å². The average molecular weight is 490 g/mol. The van der Waals surface area contributed by atoms with Gasteiger partial charge in [0, 0.05) is 11.6 Å². The topological polar surface area (TPSA) is 87.7 Å². The smallest absolute Gasteiger partial charge is 0.408 e. The van der Waals surface area contributed by atoms with Crippen LogP contribution in [0.2, 0.25) is 0 Å². The molecule has 3 unspecified atom stereocenters. The predicted molar refractivity (Wildman–Crippen MR) is 141 cm³/mol. The number of carbonyl (C=O) groups excluding carboxylic acids is 3. The zero-order chi connectivity index (χ0) is 27.3. The maximum atomic E-state index is 14.1. The first kappa shape index (κ1) is 30.5. The Bertz CT molecular complexity index is 896. The molecule has 3 atom stereocenters. The molecule has 0 heterocycles. The number of carbonyl (C=O) groups is 3. The van der Waals surface area contributed by atoms with E-state index in [2.05, 4.69) is 10.6 Å². The highest BCUT2D eigenvalue weighted by molar-refractivity contribution is 5.93. The van der Waals surface area contributed by atoms with Crippen molar-refractivity contribution < 1.29 is 19.1 Å². The summed E-state index contributed by atoms with van der Waals surface area (Å²) in [5.74, 6) is -0.732. The molecular weight excluding hydrogens is 442 g/mol. The zero-order valence-corrected chi connectivity index (χ0v) is 23.8. The van der Waals surface area contributed by atoms with Crippen LogP contribution < -0.4 is 10.6 Å². The van der Waals surface area contributed by atoms with Gasteiger partial charge in [0.1, 0.15) is 17.7 Å². The van der Waals surface area contributed by atoms with Crippen LogP contribution in [-0.4, -0.2) is 46.0 Å². The Morgan fingerprint density at radius 1 is 1.00 bits per heavy atom. The van der Waals surface area contributed by atoms with Crippen LogP contribution in [0.3, 0.4) is 0 Å². The van der Waals surface area contributed by atoms with E-state index in [1.165, 1.54) is 0 Å². The first-order chi connectivity index (χ1) is 15.9. The number of rotatable bonds is 8. The third-order valence-corrected chi connectivity index (χ3v) is 5.72. The summed E-state index contributed by atoms with van der Waals surface area (Å²) in [6.07, 6.45) is 0.0165. The highest BCUT2D eigenvalue weighted by atomic mass is 16.6. The molecule has 1 aromatic rings. The van der Waals surface area contributed by atoms with Gasteiger partial charge in [-0.25, -0.2) is 4.79 Å². The fourth-order valence-electron chi connectivity index (χ4n) is 3.87. The van der Waals surface area contributed by atoms with Gasteiger partial charge in [0.2, 0.25) is 11.8 Å². The molecule has 7 nitrogen and oxygen atoms in total. The lowest BCUT2D eigenvalue weighted by molar-refractivity contribution is -0.146. The molecule has 0 aliphatic carbocycles. The third-order valence-electron chi connectivity index (χ3n) is 5.72. The Hall–Kier alpha value is -2.57. The van der Waals surface area contributed by atoms with Crippen LogP contribution in [0.5, 0.6) is 0 Å². The quantitative estimate of drug-likeness (QED) is 0.509. The number of amides is 3. The molecule has 2 N–H and O–H groups in total. The molecule has 0 radical (unpaired) electrons. The summed E-state index contributed by atoms with van der Waals surface area (Å²) in [7, 11) is 0. The minimum absolute atomic E-state index is 0.166. The maximum Gasteiger partial charge on any atom is 0.408 e. The van der Waals surface area contributed by atoms with Crippen LogP contribution in [-0.2, 0) is 14.3 Å². The molecule has 0 aromatic heterocycles. The number of hydrogen-bond donors (Lipinski definition) is 2.